The lowest BCUT2D eigenvalue weighted by Gasteiger charge is -2.07. The van der Waals surface area contributed by atoms with E-state index < -0.39 is 10.0 Å². The Hall–Kier alpha value is -0.980. The first-order chi connectivity index (χ1) is 9.55. The number of hydrogen-bond donors (Lipinski definition) is 2. The summed E-state index contributed by atoms with van der Waals surface area (Å²) in [6.07, 6.45) is 1.97. The van der Waals surface area contributed by atoms with Crippen molar-refractivity contribution in [2.75, 3.05) is 25.4 Å². The molecule has 2 N–H and O–H groups in total. The highest BCUT2D eigenvalue weighted by atomic mass is 32.2. The smallest absolute Gasteiger partial charge is 0.211 e. The highest BCUT2D eigenvalue weighted by molar-refractivity contribution is 7.89. The van der Waals surface area contributed by atoms with Crippen molar-refractivity contribution in [1.29, 1.82) is 0 Å². The molecule has 0 amide bonds. The standard InChI is InChI=1S/C14H23FN2O2S/c1-2-9-16-10-5-12-20(18,19)17-11-8-13-6-3-4-7-14(13)15/h3-4,6-7,16-17H,2,5,8-12H2,1H3. The highest BCUT2D eigenvalue weighted by Gasteiger charge is 2.09. The van der Waals surface area contributed by atoms with Crippen LogP contribution >= 0.6 is 0 Å². The van der Waals surface area contributed by atoms with Crippen molar-refractivity contribution < 1.29 is 12.8 Å². The molecule has 0 fully saturated rings. The summed E-state index contributed by atoms with van der Waals surface area (Å²) in [6, 6.07) is 6.40. The minimum atomic E-state index is -3.26. The average Bonchev–Trinajstić information content (AvgIpc) is 2.40. The van der Waals surface area contributed by atoms with Crippen LogP contribution in [0.1, 0.15) is 25.3 Å². The van der Waals surface area contributed by atoms with E-state index in [-0.39, 0.29) is 18.1 Å². The van der Waals surface area contributed by atoms with Gasteiger partial charge in [0.25, 0.3) is 0 Å². The number of hydrogen-bond acceptors (Lipinski definition) is 3. The van der Waals surface area contributed by atoms with Gasteiger partial charge in [0.15, 0.2) is 0 Å². The Balaban J connectivity index is 2.24. The molecular weight excluding hydrogens is 279 g/mol. The molecule has 0 saturated heterocycles. The van der Waals surface area contributed by atoms with E-state index in [9.17, 15) is 12.8 Å². The minimum Gasteiger partial charge on any atom is -0.317 e. The fourth-order valence-corrected chi connectivity index (χ4v) is 2.89. The molecule has 0 spiro atoms. The Labute approximate surface area is 120 Å². The van der Waals surface area contributed by atoms with Crippen LogP contribution in [0.25, 0.3) is 0 Å². The quantitative estimate of drug-likeness (QED) is 0.647. The summed E-state index contributed by atoms with van der Waals surface area (Å²) in [7, 11) is -3.26. The van der Waals surface area contributed by atoms with Gasteiger partial charge in [0, 0.05) is 6.54 Å². The van der Waals surface area contributed by atoms with Gasteiger partial charge in [-0.05, 0) is 44.0 Å². The summed E-state index contributed by atoms with van der Waals surface area (Å²) in [5.41, 5.74) is 0.528. The van der Waals surface area contributed by atoms with Gasteiger partial charge in [0.2, 0.25) is 10.0 Å². The zero-order chi connectivity index (χ0) is 14.8. The second-order valence-corrected chi connectivity index (χ2v) is 6.58. The summed E-state index contributed by atoms with van der Waals surface area (Å²) in [4.78, 5) is 0. The third kappa shape index (κ3) is 6.98. The molecule has 1 rings (SSSR count). The van der Waals surface area contributed by atoms with Gasteiger partial charge in [0.1, 0.15) is 5.82 Å². The van der Waals surface area contributed by atoms with Crippen molar-refractivity contribution in [3.05, 3.63) is 35.6 Å². The zero-order valence-corrected chi connectivity index (χ0v) is 12.7. The van der Waals surface area contributed by atoms with Crippen LogP contribution in [0, 0.1) is 5.82 Å². The maximum absolute atomic E-state index is 13.3. The lowest BCUT2D eigenvalue weighted by atomic mass is 10.1. The molecule has 0 aliphatic heterocycles. The van der Waals surface area contributed by atoms with E-state index >= 15 is 0 Å². The largest absolute Gasteiger partial charge is 0.317 e. The summed E-state index contributed by atoms with van der Waals surface area (Å²) in [5, 5.41) is 3.16. The summed E-state index contributed by atoms with van der Waals surface area (Å²) >= 11 is 0. The molecule has 0 radical (unpaired) electrons. The molecule has 114 valence electrons. The van der Waals surface area contributed by atoms with Crippen LogP contribution in [0.5, 0.6) is 0 Å². The van der Waals surface area contributed by atoms with E-state index in [2.05, 4.69) is 17.0 Å². The predicted octanol–water partition coefficient (Wildman–Crippen LogP) is 1.68. The molecule has 0 aromatic heterocycles. The van der Waals surface area contributed by atoms with Crippen molar-refractivity contribution in [1.82, 2.24) is 10.0 Å². The molecule has 6 heteroatoms. The van der Waals surface area contributed by atoms with Crippen LogP contribution in [0.2, 0.25) is 0 Å². The molecule has 4 nitrogen and oxygen atoms in total. The first-order valence-electron chi connectivity index (χ1n) is 6.96. The van der Waals surface area contributed by atoms with Gasteiger partial charge in [-0.2, -0.15) is 0 Å². The summed E-state index contributed by atoms with van der Waals surface area (Å²) < 4.78 is 39.3. The normalized spacial score (nSPS) is 11.7. The van der Waals surface area contributed by atoms with Crippen LogP contribution < -0.4 is 10.0 Å². The number of halogens is 1. The fraction of sp³-hybridized carbons (Fsp3) is 0.571. The van der Waals surface area contributed by atoms with Crippen LogP contribution in [0.15, 0.2) is 24.3 Å². The number of rotatable bonds is 10. The average molecular weight is 302 g/mol. The highest BCUT2D eigenvalue weighted by Crippen LogP contribution is 2.06. The van der Waals surface area contributed by atoms with Crippen LogP contribution in [0.3, 0.4) is 0 Å². The molecule has 0 aliphatic rings. The van der Waals surface area contributed by atoms with Gasteiger partial charge in [0.05, 0.1) is 5.75 Å². The summed E-state index contributed by atoms with van der Waals surface area (Å²) in [6.45, 7) is 3.89. The molecular formula is C14H23FN2O2S. The predicted molar refractivity (Wildman–Crippen MR) is 79.7 cm³/mol. The van der Waals surface area contributed by atoms with Gasteiger partial charge in [-0.15, -0.1) is 0 Å². The van der Waals surface area contributed by atoms with Crippen molar-refractivity contribution in [2.45, 2.75) is 26.2 Å². The van der Waals surface area contributed by atoms with E-state index in [0.717, 1.165) is 13.0 Å². The Morgan fingerprint density at radius 2 is 1.90 bits per heavy atom. The molecule has 20 heavy (non-hydrogen) atoms. The van der Waals surface area contributed by atoms with Crippen LogP contribution in [-0.2, 0) is 16.4 Å². The van der Waals surface area contributed by atoms with E-state index in [0.29, 0.717) is 24.9 Å². The van der Waals surface area contributed by atoms with Crippen molar-refractivity contribution >= 4 is 10.0 Å². The maximum atomic E-state index is 13.3. The Bertz CT molecular complexity index is 492. The lowest BCUT2D eigenvalue weighted by molar-refractivity contribution is 0.571. The van der Waals surface area contributed by atoms with E-state index in [4.69, 9.17) is 0 Å². The number of nitrogens with one attached hydrogen (secondary N) is 2. The van der Waals surface area contributed by atoms with Crippen molar-refractivity contribution in [3.63, 3.8) is 0 Å². The number of benzene rings is 1. The van der Waals surface area contributed by atoms with Gasteiger partial charge >= 0.3 is 0 Å². The van der Waals surface area contributed by atoms with Gasteiger partial charge in [-0.1, -0.05) is 25.1 Å². The number of sulfonamides is 1. The van der Waals surface area contributed by atoms with Crippen molar-refractivity contribution in [3.8, 4) is 0 Å². The third-order valence-corrected chi connectivity index (χ3v) is 4.34. The Morgan fingerprint density at radius 3 is 2.60 bits per heavy atom. The molecule has 1 aromatic carbocycles. The second-order valence-electron chi connectivity index (χ2n) is 4.66. The zero-order valence-electron chi connectivity index (χ0n) is 11.9. The topological polar surface area (TPSA) is 58.2 Å². The Morgan fingerprint density at radius 1 is 1.15 bits per heavy atom. The molecule has 0 unspecified atom stereocenters. The monoisotopic (exact) mass is 302 g/mol. The molecule has 0 heterocycles. The molecule has 0 bridgehead atoms. The molecule has 1 aromatic rings. The molecule has 0 saturated carbocycles. The van der Waals surface area contributed by atoms with Crippen LogP contribution in [0.4, 0.5) is 4.39 Å². The van der Waals surface area contributed by atoms with Gasteiger partial charge in [-0.3, -0.25) is 0 Å². The van der Waals surface area contributed by atoms with Gasteiger partial charge < -0.3 is 5.32 Å². The fourth-order valence-electron chi connectivity index (χ4n) is 1.80. The van der Waals surface area contributed by atoms with Gasteiger partial charge in [-0.25, -0.2) is 17.5 Å². The first-order valence-corrected chi connectivity index (χ1v) is 8.62. The van der Waals surface area contributed by atoms with E-state index in [1.54, 1.807) is 18.2 Å². The lowest BCUT2D eigenvalue weighted by Crippen LogP contribution is -2.30. The third-order valence-electron chi connectivity index (χ3n) is 2.87. The maximum Gasteiger partial charge on any atom is 0.211 e. The van der Waals surface area contributed by atoms with E-state index in [1.807, 2.05) is 0 Å². The van der Waals surface area contributed by atoms with Crippen LogP contribution in [-0.4, -0.2) is 33.8 Å². The molecule has 0 atom stereocenters. The van der Waals surface area contributed by atoms with Crippen molar-refractivity contribution in [2.24, 2.45) is 0 Å². The summed E-state index contributed by atoms with van der Waals surface area (Å²) in [5.74, 6) is -0.198. The SMILES string of the molecule is CCCNCCCS(=O)(=O)NCCc1ccccc1F. The van der Waals surface area contributed by atoms with E-state index in [1.165, 1.54) is 6.07 Å². The molecule has 0 aliphatic carbocycles. The Kier molecular flexibility index (Phi) is 7.72. The first kappa shape index (κ1) is 17.1. The second kappa shape index (κ2) is 9.05. The minimum absolute atomic E-state index is 0.0982.